The number of carbonyl (C=O) groups excluding carboxylic acids is 2. The van der Waals surface area contributed by atoms with Gasteiger partial charge in [0.2, 0.25) is 11.8 Å². The number of H-pyrrole nitrogens is 1. The molecule has 0 aliphatic carbocycles. The molecule has 0 radical (unpaired) electrons. The van der Waals surface area contributed by atoms with Gasteiger partial charge in [0.05, 0.1) is 6.04 Å². The van der Waals surface area contributed by atoms with Crippen molar-refractivity contribution in [2.24, 2.45) is 0 Å². The topological polar surface area (TPSA) is 56.4 Å². The molecule has 0 bridgehead atoms. The Hall–Kier alpha value is -3.57. The van der Waals surface area contributed by atoms with E-state index in [0.29, 0.717) is 18.0 Å². The minimum Gasteiger partial charge on any atom is -0.356 e. The molecule has 6 rings (SSSR count). The van der Waals surface area contributed by atoms with E-state index in [9.17, 15) is 9.59 Å². The molecule has 164 valence electrons. The number of benzene rings is 3. The predicted molar refractivity (Wildman–Crippen MR) is 128 cm³/mol. The highest BCUT2D eigenvalue weighted by Gasteiger charge is 2.48. The Morgan fingerprint density at radius 1 is 0.909 bits per heavy atom. The Kier molecular flexibility index (Phi) is 4.73. The van der Waals surface area contributed by atoms with E-state index in [1.165, 1.54) is 0 Å². The molecule has 1 aromatic heterocycles. The second kappa shape index (κ2) is 7.78. The molecular formula is C27H22ClN3O2. The summed E-state index contributed by atoms with van der Waals surface area (Å²) in [5, 5.41) is 1.71. The van der Waals surface area contributed by atoms with E-state index in [4.69, 9.17) is 11.6 Å². The first kappa shape index (κ1) is 20.1. The first-order valence-corrected chi connectivity index (χ1v) is 11.5. The Bertz CT molecular complexity index is 1380. The van der Waals surface area contributed by atoms with Gasteiger partial charge < -0.3 is 14.8 Å². The number of piperazine rings is 1. The van der Waals surface area contributed by atoms with Crippen LogP contribution in [0.2, 0.25) is 5.02 Å². The molecule has 6 heteroatoms. The molecular weight excluding hydrogens is 434 g/mol. The second-order valence-corrected chi connectivity index (χ2v) is 9.09. The maximum Gasteiger partial charge on any atom is 0.246 e. The van der Waals surface area contributed by atoms with Crippen LogP contribution >= 0.6 is 11.6 Å². The number of hydrogen-bond donors (Lipinski definition) is 1. The average molecular weight is 456 g/mol. The summed E-state index contributed by atoms with van der Waals surface area (Å²) in [5.74, 6) is -0.0869. The van der Waals surface area contributed by atoms with Crippen molar-refractivity contribution in [1.29, 1.82) is 0 Å². The van der Waals surface area contributed by atoms with Crippen LogP contribution in [0.25, 0.3) is 10.9 Å². The molecule has 0 spiro atoms. The van der Waals surface area contributed by atoms with Crippen molar-refractivity contribution < 1.29 is 9.59 Å². The highest BCUT2D eigenvalue weighted by molar-refractivity contribution is 6.31. The van der Waals surface area contributed by atoms with Crippen molar-refractivity contribution in [3.63, 3.8) is 0 Å². The third-order valence-electron chi connectivity index (χ3n) is 6.78. The molecule has 2 atom stereocenters. The van der Waals surface area contributed by atoms with E-state index in [-0.39, 0.29) is 24.4 Å². The van der Waals surface area contributed by atoms with E-state index in [1.54, 1.807) is 9.80 Å². The lowest BCUT2D eigenvalue weighted by Gasteiger charge is -2.47. The lowest BCUT2D eigenvalue weighted by atomic mass is 9.86. The van der Waals surface area contributed by atoms with Crippen LogP contribution in [0.5, 0.6) is 0 Å². The van der Waals surface area contributed by atoms with Crippen LogP contribution in [0.4, 0.5) is 0 Å². The summed E-state index contributed by atoms with van der Waals surface area (Å²) in [6.07, 6.45) is 0.492. The van der Waals surface area contributed by atoms with Crippen LogP contribution in [0.15, 0.2) is 78.9 Å². The molecule has 33 heavy (non-hydrogen) atoms. The molecule has 0 unspecified atom stereocenters. The summed E-state index contributed by atoms with van der Waals surface area (Å²) in [7, 11) is 0. The van der Waals surface area contributed by atoms with Gasteiger partial charge in [-0.2, -0.15) is 0 Å². The SMILES string of the molecule is O=C1[C@@H]2Cc3c([nH]c4ccccc34)[C@H](c3ccccc3)N2C(=O)CN1Cc1ccccc1Cl. The molecule has 2 amide bonds. The van der Waals surface area contributed by atoms with Crippen LogP contribution in [0.3, 0.4) is 0 Å². The summed E-state index contributed by atoms with van der Waals surface area (Å²) < 4.78 is 0. The highest BCUT2D eigenvalue weighted by atomic mass is 35.5. The van der Waals surface area contributed by atoms with Crippen molar-refractivity contribution in [2.75, 3.05) is 6.54 Å². The Labute approximate surface area is 196 Å². The number of amides is 2. The molecule has 0 saturated carbocycles. The van der Waals surface area contributed by atoms with Gasteiger partial charge in [0.1, 0.15) is 12.6 Å². The fourth-order valence-corrected chi connectivity index (χ4v) is 5.47. The minimum atomic E-state index is -0.550. The number of para-hydroxylation sites is 1. The van der Waals surface area contributed by atoms with E-state index in [0.717, 1.165) is 33.3 Å². The van der Waals surface area contributed by atoms with Gasteiger partial charge in [-0.3, -0.25) is 9.59 Å². The summed E-state index contributed by atoms with van der Waals surface area (Å²) in [5.41, 5.74) is 4.98. The molecule has 3 aromatic carbocycles. The van der Waals surface area contributed by atoms with Gasteiger partial charge in [-0.25, -0.2) is 0 Å². The number of halogens is 1. The fraction of sp³-hybridized carbons (Fsp3) is 0.185. The van der Waals surface area contributed by atoms with Gasteiger partial charge >= 0.3 is 0 Å². The first-order valence-electron chi connectivity index (χ1n) is 11.1. The Balaban J connectivity index is 1.46. The molecule has 2 aliphatic rings. The van der Waals surface area contributed by atoms with Crippen molar-refractivity contribution >= 4 is 34.3 Å². The van der Waals surface area contributed by atoms with Crippen molar-refractivity contribution in [2.45, 2.75) is 25.0 Å². The third kappa shape index (κ3) is 3.23. The smallest absolute Gasteiger partial charge is 0.246 e. The summed E-state index contributed by atoms with van der Waals surface area (Å²) in [4.78, 5) is 34.3. The standard InChI is InChI=1S/C27H22ClN3O2/c28-21-12-6-4-10-18(21)15-30-16-24(32)31-23(27(30)33)14-20-19-11-5-7-13-22(19)29-25(20)26(31)17-8-2-1-3-9-17/h1-13,23,26,29H,14-16H2/t23-,26-/m0/s1. The number of aromatic amines is 1. The molecule has 5 nitrogen and oxygen atoms in total. The number of aromatic nitrogens is 1. The molecule has 1 fully saturated rings. The maximum absolute atomic E-state index is 13.7. The number of hydrogen-bond acceptors (Lipinski definition) is 2. The molecule has 1 saturated heterocycles. The number of carbonyl (C=O) groups is 2. The number of fused-ring (bicyclic) bond motifs is 4. The minimum absolute atomic E-state index is 0.0358. The van der Waals surface area contributed by atoms with Crippen molar-refractivity contribution in [3.8, 4) is 0 Å². The van der Waals surface area contributed by atoms with Crippen LogP contribution in [0, 0.1) is 0 Å². The molecule has 4 aromatic rings. The Morgan fingerprint density at radius 2 is 1.64 bits per heavy atom. The van der Waals surface area contributed by atoms with E-state index < -0.39 is 6.04 Å². The van der Waals surface area contributed by atoms with Crippen molar-refractivity contribution in [1.82, 2.24) is 14.8 Å². The maximum atomic E-state index is 13.7. The van der Waals surface area contributed by atoms with Crippen LogP contribution in [0.1, 0.15) is 28.4 Å². The first-order chi connectivity index (χ1) is 16.1. The molecule has 1 N–H and O–H groups in total. The average Bonchev–Trinajstić information content (AvgIpc) is 3.21. The second-order valence-electron chi connectivity index (χ2n) is 8.68. The lowest BCUT2D eigenvalue weighted by Crippen LogP contribution is -2.62. The number of nitrogens with zero attached hydrogens (tertiary/aromatic N) is 2. The van der Waals surface area contributed by atoms with Gasteiger partial charge in [0.15, 0.2) is 0 Å². The number of nitrogens with one attached hydrogen (secondary N) is 1. The summed E-state index contributed by atoms with van der Waals surface area (Å²) in [6, 6.07) is 24.7. The Morgan fingerprint density at radius 3 is 2.45 bits per heavy atom. The van der Waals surface area contributed by atoms with Gasteiger partial charge in [-0.05, 0) is 28.8 Å². The van der Waals surface area contributed by atoms with Gasteiger partial charge in [-0.1, -0.05) is 78.3 Å². The van der Waals surface area contributed by atoms with Gasteiger partial charge in [-0.15, -0.1) is 0 Å². The van der Waals surface area contributed by atoms with Crippen LogP contribution in [-0.4, -0.2) is 39.2 Å². The number of rotatable bonds is 3. The van der Waals surface area contributed by atoms with Gasteiger partial charge in [0, 0.05) is 34.6 Å². The zero-order chi connectivity index (χ0) is 22.5. The zero-order valence-corrected chi connectivity index (χ0v) is 18.6. The molecule has 2 aliphatic heterocycles. The van der Waals surface area contributed by atoms with Crippen LogP contribution in [-0.2, 0) is 22.6 Å². The summed E-state index contributed by atoms with van der Waals surface area (Å²) >= 11 is 6.35. The third-order valence-corrected chi connectivity index (χ3v) is 7.15. The fourth-order valence-electron chi connectivity index (χ4n) is 5.27. The lowest BCUT2D eigenvalue weighted by molar-refractivity contribution is -0.159. The predicted octanol–water partition coefficient (Wildman–Crippen LogP) is 4.71. The van der Waals surface area contributed by atoms with E-state index in [1.807, 2.05) is 72.8 Å². The van der Waals surface area contributed by atoms with Crippen molar-refractivity contribution in [3.05, 3.63) is 106 Å². The van der Waals surface area contributed by atoms with E-state index >= 15 is 0 Å². The summed E-state index contributed by atoms with van der Waals surface area (Å²) in [6.45, 7) is 0.366. The normalized spacial score (nSPS) is 20.2. The highest BCUT2D eigenvalue weighted by Crippen LogP contribution is 2.42. The molecule has 3 heterocycles. The van der Waals surface area contributed by atoms with Gasteiger partial charge in [0.25, 0.3) is 0 Å². The van der Waals surface area contributed by atoms with E-state index in [2.05, 4.69) is 11.1 Å². The monoisotopic (exact) mass is 455 g/mol. The van der Waals surface area contributed by atoms with Crippen LogP contribution < -0.4 is 0 Å². The zero-order valence-electron chi connectivity index (χ0n) is 17.9. The quantitative estimate of drug-likeness (QED) is 0.486. The largest absolute Gasteiger partial charge is 0.356 e.